The van der Waals surface area contributed by atoms with Gasteiger partial charge in [0.15, 0.2) is 0 Å². The maximum Gasteiger partial charge on any atom is 1.00 e. The Bertz CT molecular complexity index is 302. The zero-order valence-corrected chi connectivity index (χ0v) is 7.36. The van der Waals surface area contributed by atoms with Crippen LogP contribution in [0, 0.1) is 0 Å². The molecule has 0 aliphatic carbocycles. The molecular formula is C9H8LiNO2. The van der Waals surface area contributed by atoms with Crippen LogP contribution in [-0.4, -0.2) is 12.0 Å². The Balaban J connectivity index is 0.000000845. The summed E-state index contributed by atoms with van der Waals surface area (Å²) in [5.74, 6) is -1.02. The Hall–Kier alpha value is -0.753. The monoisotopic (exact) mass is 169 g/mol. The van der Waals surface area contributed by atoms with E-state index in [4.69, 9.17) is 0 Å². The second-order valence-electron chi connectivity index (χ2n) is 2.85. The van der Waals surface area contributed by atoms with E-state index in [9.17, 15) is 9.90 Å². The largest absolute Gasteiger partial charge is 1.00 e. The van der Waals surface area contributed by atoms with Crippen molar-refractivity contribution in [3.05, 3.63) is 35.9 Å². The Morgan fingerprint density at radius 2 is 1.92 bits per heavy atom. The van der Waals surface area contributed by atoms with E-state index in [1.165, 1.54) is 0 Å². The van der Waals surface area contributed by atoms with Crippen LogP contribution in [0.5, 0.6) is 0 Å². The topological polar surface area (TPSA) is 62.1 Å². The second-order valence-corrected chi connectivity index (χ2v) is 2.85. The molecule has 1 N–H and O–H groups in total. The van der Waals surface area contributed by atoms with E-state index < -0.39 is 12.0 Å². The molecule has 1 aliphatic rings. The van der Waals surface area contributed by atoms with Crippen LogP contribution in [0.15, 0.2) is 30.3 Å². The number of rotatable bonds is 2. The van der Waals surface area contributed by atoms with Crippen molar-refractivity contribution in [3.8, 4) is 0 Å². The number of carboxylic acid groups (broad SMARTS) is 1. The van der Waals surface area contributed by atoms with Crippen molar-refractivity contribution >= 4 is 5.97 Å². The van der Waals surface area contributed by atoms with Crippen LogP contribution in [-0.2, 0) is 4.79 Å². The number of aliphatic carboxylic acids is 1. The molecule has 0 aromatic heterocycles. The molecule has 1 aromatic rings. The minimum Gasteiger partial charge on any atom is -0.548 e. The van der Waals surface area contributed by atoms with Crippen molar-refractivity contribution in [2.24, 2.45) is 0 Å². The minimum atomic E-state index is -1.02. The summed E-state index contributed by atoms with van der Waals surface area (Å²) in [5.41, 5.74) is 1.01. The molecule has 0 spiro atoms. The molecule has 2 rings (SSSR count). The zero-order chi connectivity index (χ0) is 8.55. The first-order valence-corrected chi connectivity index (χ1v) is 3.81. The fourth-order valence-electron chi connectivity index (χ4n) is 1.29. The summed E-state index contributed by atoms with van der Waals surface area (Å²) < 4.78 is 0. The molecule has 0 unspecified atom stereocenters. The van der Waals surface area contributed by atoms with E-state index >= 15 is 0 Å². The van der Waals surface area contributed by atoms with Crippen molar-refractivity contribution in [2.45, 2.75) is 12.1 Å². The summed E-state index contributed by atoms with van der Waals surface area (Å²) in [4.78, 5) is 10.4. The van der Waals surface area contributed by atoms with E-state index in [-0.39, 0.29) is 24.9 Å². The third-order valence-electron chi connectivity index (χ3n) is 2.00. The normalized spacial score (nSPS) is 24.6. The summed E-state index contributed by atoms with van der Waals surface area (Å²) in [6, 6.07) is 8.95. The first kappa shape index (κ1) is 10.3. The predicted molar refractivity (Wildman–Crippen MR) is 41.1 cm³/mol. The van der Waals surface area contributed by atoms with Crippen molar-refractivity contribution in [1.29, 1.82) is 0 Å². The first-order valence-electron chi connectivity index (χ1n) is 3.81. The molecule has 0 amide bonds. The van der Waals surface area contributed by atoms with Gasteiger partial charge in [0.2, 0.25) is 0 Å². The molecule has 13 heavy (non-hydrogen) atoms. The average molecular weight is 169 g/mol. The van der Waals surface area contributed by atoms with Gasteiger partial charge in [0, 0.05) is 0 Å². The Morgan fingerprint density at radius 3 is 2.38 bits per heavy atom. The van der Waals surface area contributed by atoms with E-state index in [0.717, 1.165) is 5.56 Å². The Morgan fingerprint density at radius 1 is 1.31 bits per heavy atom. The van der Waals surface area contributed by atoms with E-state index in [1.54, 1.807) is 0 Å². The van der Waals surface area contributed by atoms with Gasteiger partial charge in [-0.3, -0.25) is 5.32 Å². The second kappa shape index (κ2) is 3.97. The van der Waals surface area contributed by atoms with Crippen molar-refractivity contribution in [3.63, 3.8) is 0 Å². The fraction of sp³-hybridized carbons (Fsp3) is 0.222. The van der Waals surface area contributed by atoms with Gasteiger partial charge in [-0.1, -0.05) is 30.3 Å². The van der Waals surface area contributed by atoms with Gasteiger partial charge in [-0.05, 0) is 5.56 Å². The average Bonchev–Trinajstić information content (AvgIpc) is 2.84. The molecule has 2 atom stereocenters. The van der Waals surface area contributed by atoms with Gasteiger partial charge in [0.05, 0.1) is 18.1 Å². The Labute approximate surface area is 88.3 Å². The quantitative estimate of drug-likeness (QED) is 0.368. The van der Waals surface area contributed by atoms with Gasteiger partial charge in [-0.25, -0.2) is 0 Å². The third kappa shape index (κ3) is 2.13. The molecule has 0 saturated carbocycles. The maximum absolute atomic E-state index is 10.4. The van der Waals surface area contributed by atoms with Gasteiger partial charge in [0.1, 0.15) is 0 Å². The van der Waals surface area contributed by atoms with Crippen LogP contribution in [0.4, 0.5) is 0 Å². The number of carbonyl (C=O) groups is 1. The van der Waals surface area contributed by atoms with Gasteiger partial charge < -0.3 is 9.90 Å². The van der Waals surface area contributed by atoms with Gasteiger partial charge in [0.25, 0.3) is 0 Å². The SMILES string of the molecule is O=C([O-])[C@H]1N[C@@H]1c1ccccc1.[Li+]. The number of benzene rings is 1. The van der Waals surface area contributed by atoms with Crippen molar-refractivity contribution < 1.29 is 28.8 Å². The molecule has 3 nitrogen and oxygen atoms in total. The molecule has 0 bridgehead atoms. The molecule has 1 fully saturated rings. The standard InChI is InChI=1S/C9H9NO2.Li/c11-9(12)8-7(10-8)6-4-2-1-3-5-6;/h1-5,7-8,10H,(H,11,12);/q;+1/p-1/t7-,8+;/m1./s1. The van der Waals surface area contributed by atoms with Crippen LogP contribution in [0.1, 0.15) is 11.6 Å². The van der Waals surface area contributed by atoms with Gasteiger partial charge in [-0.15, -0.1) is 0 Å². The summed E-state index contributed by atoms with van der Waals surface area (Å²) in [7, 11) is 0. The summed E-state index contributed by atoms with van der Waals surface area (Å²) in [6.45, 7) is 0. The van der Waals surface area contributed by atoms with E-state index in [0.29, 0.717) is 0 Å². The smallest absolute Gasteiger partial charge is 0.548 e. The maximum atomic E-state index is 10.4. The first-order chi connectivity index (χ1) is 5.79. The molecule has 1 saturated heterocycles. The van der Waals surface area contributed by atoms with Gasteiger partial charge >= 0.3 is 18.9 Å². The Kier molecular flexibility index (Phi) is 3.15. The number of carboxylic acids is 1. The van der Waals surface area contributed by atoms with E-state index in [1.807, 2.05) is 30.3 Å². The molecule has 0 radical (unpaired) electrons. The van der Waals surface area contributed by atoms with Crippen molar-refractivity contribution in [2.75, 3.05) is 0 Å². The predicted octanol–water partition coefficient (Wildman–Crippen LogP) is -3.55. The number of carbonyl (C=O) groups excluding carboxylic acids is 1. The zero-order valence-electron chi connectivity index (χ0n) is 7.36. The van der Waals surface area contributed by atoms with Gasteiger partial charge in [-0.2, -0.15) is 0 Å². The van der Waals surface area contributed by atoms with Crippen LogP contribution in [0.3, 0.4) is 0 Å². The van der Waals surface area contributed by atoms with Crippen molar-refractivity contribution in [1.82, 2.24) is 5.32 Å². The molecule has 1 heterocycles. The van der Waals surface area contributed by atoms with E-state index in [2.05, 4.69) is 5.32 Å². The molecule has 1 aliphatic heterocycles. The van der Waals surface area contributed by atoms with Crippen LogP contribution >= 0.6 is 0 Å². The number of hydrogen-bond acceptors (Lipinski definition) is 3. The molecule has 1 aromatic carbocycles. The number of hydrogen-bond donors (Lipinski definition) is 1. The summed E-state index contributed by atoms with van der Waals surface area (Å²) in [5, 5.41) is 13.2. The molecule has 4 heteroatoms. The summed E-state index contributed by atoms with van der Waals surface area (Å²) >= 11 is 0. The van der Waals surface area contributed by atoms with Crippen LogP contribution in [0.25, 0.3) is 0 Å². The summed E-state index contributed by atoms with van der Waals surface area (Å²) in [6.07, 6.45) is 0. The van der Waals surface area contributed by atoms with Crippen LogP contribution in [0.2, 0.25) is 0 Å². The fourth-order valence-corrected chi connectivity index (χ4v) is 1.29. The number of nitrogens with one attached hydrogen (secondary N) is 1. The van der Waals surface area contributed by atoms with Crippen LogP contribution < -0.4 is 29.3 Å². The molecular weight excluding hydrogens is 161 g/mol. The third-order valence-corrected chi connectivity index (χ3v) is 2.00. The molecule has 62 valence electrons. The minimum absolute atomic E-state index is 0.